The van der Waals surface area contributed by atoms with Crippen molar-refractivity contribution in [3.8, 4) is 5.75 Å². The van der Waals surface area contributed by atoms with Gasteiger partial charge in [0.05, 0.1) is 31.1 Å². The third-order valence-electron chi connectivity index (χ3n) is 6.98. The van der Waals surface area contributed by atoms with Crippen LogP contribution < -0.4 is 10.1 Å². The van der Waals surface area contributed by atoms with Crippen molar-refractivity contribution in [1.29, 1.82) is 0 Å². The molecule has 224 valence electrons. The first kappa shape index (κ1) is 31.9. The Balaban J connectivity index is 1.83. The highest BCUT2D eigenvalue weighted by molar-refractivity contribution is 5.91. The largest absolute Gasteiger partial charge is 0.488 e. The van der Waals surface area contributed by atoms with Gasteiger partial charge in [-0.25, -0.2) is 4.79 Å². The van der Waals surface area contributed by atoms with Gasteiger partial charge in [0, 0.05) is 43.2 Å². The molecule has 0 saturated carbocycles. The molecule has 1 heterocycles. The molecule has 0 aromatic heterocycles. The Kier molecular flexibility index (Phi) is 10.7. The first-order chi connectivity index (χ1) is 19.3. The van der Waals surface area contributed by atoms with E-state index >= 15 is 0 Å². The molecule has 0 bridgehead atoms. The Morgan fingerprint density at radius 3 is 2.49 bits per heavy atom. The lowest BCUT2D eigenvalue weighted by Gasteiger charge is -2.34. The Morgan fingerprint density at radius 2 is 1.88 bits per heavy atom. The Bertz CT molecular complexity index is 1220. The highest BCUT2D eigenvalue weighted by atomic mass is 19.4. The van der Waals surface area contributed by atoms with Crippen molar-refractivity contribution in [2.75, 3.05) is 32.1 Å². The van der Waals surface area contributed by atoms with E-state index in [1.165, 1.54) is 12.1 Å². The summed E-state index contributed by atoms with van der Waals surface area (Å²) in [6, 6.07) is 10.8. The van der Waals surface area contributed by atoms with E-state index in [9.17, 15) is 32.7 Å². The Labute approximate surface area is 236 Å². The second-order valence-electron chi connectivity index (χ2n) is 10.6. The number of nitrogens with zero attached hydrogens (tertiary/aromatic N) is 2. The molecule has 3 N–H and O–H groups in total. The number of benzene rings is 2. The van der Waals surface area contributed by atoms with Crippen LogP contribution in [-0.4, -0.2) is 82.9 Å². The zero-order valence-electron chi connectivity index (χ0n) is 23.3. The fourth-order valence-electron chi connectivity index (χ4n) is 4.64. The van der Waals surface area contributed by atoms with Crippen LogP contribution >= 0.6 is 0 Å². The van der Waals surface area contributed by atoms with Crippen LogP contribution in [0.5, 0.6) is 5.75 Å². The molecule has 12 heteroatoms. The van der Waals surface area contributed by atoms with Gasteiger partial charge in [-0.1, -0.05) is 19.1 Å². The van der Waals surface area contributed by atoms with Gasteiger partial charge in [0.15, 0.2) is 0 Å². The van der Waals surface area contributed by atoms with E-state index in [0.29, 0.717) is 30.9 Å². The summed E-state index contributed by atoms with van der Waals surface area (Å²) in [5, 5.41) is 21.4. The van der Waals surface area contributed by atoms with E-state index < -0.39 is 43.0 Å². The normalized spacial score (nSPS) is 18.5. The fraction of sp³-hybridized carbons (Fsp3) is 0.483. The summed E-state index contributed by atoms with van der Waals surface area (Å²) in [6.45, 7) is 4.73. The lowest BCUT2D eigenvalue weighted by molar-refractivity contribution is -0.142. The van der Waals surface area contributed by atoms with Crippen molar-refractivity contribution in [1.82, 2.24) is 9.80 Å². The standard InChI is InChI=1S/C29H36F3N3O6/c1-18-14-35(19(2)17-36)27(38)13-22-12-23(33-26(37)10-11-29(30,31)32)8-9-24(22)41-25(18)16-34(3)15-20-4-6-21(7-5-20)28(39)40/h4-9,12,18-19,25,36H,10-11,13-17H2,1-3H3,(H,33,37)(H,39,40)/t18-,19+,25+/m0/s1. The molecule has 0 fully saturated rings. The number of aromatic carboxylic acids is 1. The van der Waals surface area contributed by atoms with E-state index in [4.69, 9.17) is 9.84 Å². The van der Waals surface area contributed by atoms with Crippen LogP contribution in [0.2, 0.25) is 0 Å². The summed E-state index contributed by atoms with van der Waals surface area (Å²) >= 11 is 0. The van der Waals surface area contributed by atoms with Crippen LogP contribution in [0.15, 0.2) is 42.5 Å². The minimum Gasteiger partial charge on any atom is -0.488 e. The van der Waals surface area contributed by atoms with Crippen molar-refractivity contribution in [2.24, 2.45) is 5.92 Å². The molecule has 2 aromatic carbocycles. The van der Waals surface area contributed by atoms with E-state index in [1.54, 1.807) is 42.2 Å². The van der Waals surface area contributed by atoms with Gasteiger partial charge in [-0.05, 0) is 49.9 Å². The van der Waals surface area contributed by atoms with Gasteiger partial charge in [-0.2, -0.15) is 13.2 Å². The third kappa shape index (κ3) is 9.46. The van der Waals surface area contributed by atoms with Gasteiger partial charge in [0.2, 0.25) is 11.8 Å². The predicted molar refractivity (Wildman–Crippen MR) is 146 cm³/mol. The van der Waals surface area contributed by atoms with Crippen LogP contribution in [0.3, 0.4) is 0 Å². The number of carbonyl (C=O) groups is 3. The number of carbonyl (C=O) groups excluding carboxylic acids is 2. The number of likely N-dealkylation sites (N-methyl/N-ethyl adjacent to an activating group) is 1. The smallest absolute Gasteiger partial charge is 0.389 e. The zero-order valence-corrected chi connectivity index (χ0v) is 23.3. The molecule has 41 heavy (non-hydrogen) atoms. The molecule has 0 spiro atoms. The molecule has 3 rings (SSSR count). The Hall–Kier alpha value is -3.64. The highest BCUT2D eigenvalue weighted by Gasteiger charge is 2.31. The molecule has 0 unspecified atom stereocenters. The number of ether oxygens (including phenoxy) is 1. The molecule has 3 atom stereocenters. The maximum absolute atomic E-state index is 13.3. The minimum atomic E-state index is -4.45. The quantitative estimate of drug-likeness (QED) is 0.390. The van der Waals surface area contributed by atoms with E-state index in [0.717, 1.165) is 5.56 Å². The first-order valence-corrected chi connectivity index (χ1v) is 13.3. The van der Waals surface area contributed by atoms with Crippen molar-refractivity contribution in [3.63, 3.8) is 0 Å². The van der Waals surface area contributed by atoms with E-state index in [1.807, 2.05) is 18.9 Å². The number of rotatable bonds is 10. The number of hydrogen-bond acceptors (Lipinski definition) is 6. The number of aliphatic hydroxyl groups excluding tert-OH is 1. The monoisotopic (exact) mass is 579 g/mol. The first-order valence-electron chi connectivity index (χ1n) is 13.3. The van der Waals surface area contributed by atoms with Gasteiger partial charge in [0.1, 0.15) is 11.9 Å². The van der Waals surface area contributed by atoms with Crippen LogP contribution in [-0.2, 0) is 22.6 Å². The maximum atomic E-state index is 13.3. The molecule has 2 aromatic rings. The number of aliphatic hydroxyl groups is 1. The molecule has 1 aliphatic heterocycles. The lowest BCUT2D eigenvalue weighted by Crippen LogP contribution is -2.47. The summed E-state index contributed by atoms with van der Waals surface area (Å²) in [5.74, 6) is -1.79. The van der Waals surface area contributed by atoms with Gasteiger partial charge >= 0.3 is 12.1 Å². The van der Waals surface area contributed by atoms with Gasteiger partial charge < -0.3 is 25.2 Å². The average molecular weight is 580 g/mol. The third-order valence-corrected chi connectivity index (χ3v) is 6.98. The fourth-order valence-corrected chi connectivity index (χ4v) is 4.64. The molecular formula is C29H36F3N3O6. The van der Waals surface area contributed by atoms with Crippen molar-refractivity contribution >= 4 is 23.5 Å². The predicted octanol–water partition coefficient (Wildman–Crippen LogP) is 3.95. The van der Waals surface area contributed by atoms with Gasteiger partial charge in [-0.3, -0.25) is 14.5 Å². The van der Waals surface area contributed by atoms with Gasteiger partial charge in [-0.15, -0.1) is 0 Å². The molecule has 0 radical (unpaired) electrons. The molecule has 0 aliphatic carbocycles. The molecular weight excluding hydrogens is 543 g/mol. The molecule has 2 amide bonds. The molecule has 0 saturated heterocycles. The number of alkyl halides is 3. The van der Waals surface area contributed by atoms with Crippen LogP contribution in [0.1, 0.15) is 48.2 Å². The van der Waals surface area contributed by atoms with E-state index in [-0.39, 0.29) is 36.1 Å². The number of hydrogen-bond donors (Lipinski definition) is 3. The van der Waals surface area contributed by atoms with Crippen molar-refractivity contribution < 1.29 is 42.5 Å². The highest BCUT2D eigenvalue weighted by Crippen LogP contribution is 2.30. The number of halogens is 3. The number of fused-ring (bicyclic) bond motifs is 1. The van der Waals surface area contributed by atoms with E-state index in [2.05, 4.69) is 5.32 Å². The summed E-state index contributed by atoms with van der Waals surface area (Å²) in [5.41, 5.74) is 1.81. The van der Waals surface area contributed by atoms with Crippen molar-refractivity contribution in [3.05, 3.63) is 59.2 Å². The minimum absolute atomic E-state index is 0.0862. The number of carboxylic acid groups (broad SMARTS) is 1. The second kappa shape index (κ2) is 13.8. The second-order valence-corrected chi connectivity index (χ2v) is 10.6. The SMILES string of the molecule is C[C@H](CO)N1C[C@H](C)[C@@H](CN(C)Cc2ccc(C(=O)O)cc2)Oc2ccc(NC(=O)CCC(F)(F)F)cc2CC1=O. The number of amides is 2. The van der Waals surface area contributed by atoms with Crippen LogP contribution in [0.4, 0.5) is 18.9 Å². The topological polar surface area (TPSA) is 119 Å². The Morgan fingerprint density at radius 1 is 1.20 bits per heavy atom. The number of nitrogens with one attached hydrogen (secondary N) is 1. The summed E-state index contributed by atoms with van der Waals surface area (Å²) in [6.07, 6.45) is -6.89. The van der Waals surface area contributed by atoms with Gasteiger partial charge in [0.25, 0.3) is 0 Å². The van der Waals surface area contributed by atoms with Crippen molar-refractivity contribution in [2.45, 2.75) is 58.0 Å². The number of anilines is 1. The zero-order chi connectivity index (χ0) is 30.3. The van der Waals surface area contributed by atoms with Crippen LogP contribution in [0, 0.1) is 5.92 Å². The molecule has 9 nitrogen and oxygen atoms in total. The summed E-state index contributed by atoms with van der Waals surface area (Å²) in [4.78, 5) is 40.2. The lowest BCUT2D eigenvalue weighted by atomic mass is 10.0. The molecule has 1 aliphatic rings. The maximum Gasteiger partial charge on any atom is 0.389 e. The van der Waals surface area contributed by atoms with Crippen LogP contribution in [0.25, 0.3) is 0 Å². The average Bonchev–Trinajstić information content (AvgIpc) is 2.94. The number of carboxylic acids is 1. The summed E-state index contributed by atoms with van der Waals surface area (Å²) in [7, 11) is 1.90. The summed E-state index contributed by atoms with van der Waals surface area (Å²) < 4.78 is 44.0.